The zero-order valence-corrected chi connectivity index (χ0v) is 49.3. The van der Waals surface area contributed by atoms with E-state index in [2.05, 4.69) is 0 Å². The number of hydrogen-bond acceptors (Lipinski definition) is 24. The van der Waals surface area contributed by atoms with Gasteiger partial charge in [0, 0.05) is 73.7 Å². The third-order valence-electron chi connectivity index (χ3n) is 19.1. The van der Waals surface area contributed by atoms with Gasteiger partial charge < -0.3 is 96.5 Å². The third-order valence-corrected chi connectivity index (χ3v) is 19.1. The van der Waals surface area contributed by atoms with Gasteiger partial charge in [0.1, 0.15) is 72.2 Å². The molecule has 0 spiro atoms. The smallest absolute Gasteiger partial charge is 0.202 e. The summed E-state index contributed by atoms with van der Waals surface area (Å²) in [6.07, 6.45) is -14.3. The molecule has 0 aromatic heterocycles. The van der Waals surface area contributed by atoms with E-state index in [1.54, 1.807) is 20.8 Å². The van der Waals surface area contributed by atoms with E-state index in [0.717, 1.165) is 0 Å². The van der Waals surface area contributed by atoms with Crippen LogP contribution in [0.3, 0.4) is 0 Å². The van der Waals surface area contributed by atoms with Gasteiger partial charge in [-0.15, -0.1) is 0 Å². The van der Waals surface area contributed by atoms with Crippen molar-refractivity contribution in [2.24, 2.45) is 0 Å². The summed E-state index contributed by atoms with van der Waals surface area (Å²) in [6, 6.07) is 3.24. The Balaban J connectivity index is 0.806. The van der Waals surface area contributed by atoms with E-state index in [1.807, 2.05) is 65.7 Å². The molecule has 8 aliphatic heterocycles. The second kappa shape index (κ2) is 23.1. The van der Waals surface area contributed by atoms with Crippen molar-refractivity contribution in [1.29, 1.82) is 0 Å². The average molecular weight is 1180 g/mol. The van der Waals surface area contributed by atoms with Crippen molar-refractivity contribution in [2.45, 2.75) is 253 Å². The molecule has 0 unspecified atom stereocenters. The topological polar surface area (TPSA) is 285 Å². The van der Waals surface area contributed by atoms with Gasteiger partial charge in [0.2, 0.25) is 5.78 Å². The molecule has 24 nitrogen and oxygen atoms in total. The summed E-state index contributed by atoms with van der Waals surface area (Å²) in [5.74, 6) is -3.77. The number of nitrogens with zero attached hydrogens (tertiary/aromatic N) is 2. The Morgan fingerprint density at radius 3 is 1.50 bits per heavy atom. The number of Topliss-reactive ketones (excluding diaryl/α,β-unsaturated/α-hetero) is 2. The van der Waals surface area contributed by atoms with Gasteiger partial charge >= 0.3 is 0 Å². The number of hydrogen-bond donors (Lipinski definition) is 4. The fourth-order valence-electron chi connectivity index (χ4n) is 14.5. The minimum Gasteiger partial charge on any atom is -0.507 e. The van der Waals surface area contributed by atoms with E-state index < -0.39 is 187 Å². The third kappa shape index (κ3) is 10.6. The standard InChI is InChI=1S/C60H80N2O22/c1-12-60(70)22-39(79-40-16-30(61(8)9)53(25(4)71-40)80-42-20-35-55(27(6)73-42)83-58-37(77-35)18-33(64)23(2)75-58)45-48(52(69)46-47(51(45)68)50(67)44-29(49(46)66)14-13-15-32(44)63)57(60)82-41-17-31(62(10)11)54(26(5)72-41)81-43-21-36-56(28(7)74-43)84-59-38(78-36)19-34(65)24(3)76-59/h13-15,23-28,30-31,35-43,53-59,63,68-70H,12,16-22H2,1-11H3/t23-,24-,25-,26-,27-,28-,30-,31-,35-,36-,37-,38-,39-,40-,41-,42-,43-,53+,54+,55+,56+,57+,58+,59+,60+/m0/s1. The van der Waals surface area contributed by atoms with Crippen molar-refractivity contribution in [3.8, 4) is 17.2 Å². The molecule has 24 heteroatoms. The lowest BCUT2D eigenvalue weighted by atomic mass is 9.70. The van der Waals surface area contributed by atoms with Crippen LogP contribution in [0.15, 0.2) is 18.2 Å². The number of ether oxygens (including phenoxy) is 14. The van der Waals surface area contributed by atoms with Crippen molar-refractivity contribution in [2.75, 3.05) is 28.2 Å². The highest BCUT2D eigenvalue weighted by atomic mass is 16.8. The Morgan fingerprint density at radius 1 is 0.536 bits per heavy atom. The molecule has 0 radical (unpaired) electrons. The Kier molecular flexibility index (Phi) is 16.5. The van der Waals surface area contributed by atoms with E-state index in [9.17, 15) is 39.6 Å². The maximum Gasteiger partial charge on any atom is 0.202 e. The molecule has 0 bridgehead atoms. The normalized spacial score (nSPS) is 43.9. The number of likely N-dealkylation sites (N-methyl/N-ethyl adjacent to an activating group) is 2. The first-order valence-corrected chi connectivity index (χ1v) is 29.7. The van der Waals surface area contributed by atoms with Gasteiger partial charge in [-0.05, 0) is 82.2 Å². The number of aromatic hydroxyl groups is 3. The number of phenols is 3. The van der Waals surface area contributed by atoms with E-state index in [1.165, 1.54) is 18.2 Å². The summed E-state index contributed by atoms with van der Waals surface area (Å²) in [6.45, 7) is 12.6. The van der Waals surface area contributed by atoms with Crippen molar-refractivity contribution in [1.82, 2.24) is 9.80 Å². The molecular formula is C60H80N2O22. The van der Waals surface area contributed by atoms with E-state index in [-0.39, 0.29) is 78.4 Å². The minimum atomic E-state index is -1.89. The summed E-state index contributed by atoms with van der Waals surface area (Å²) in [4.78, 5) is 58.2. The van der Waals surface area contributed by atoms with Gasteiger partial charge in [0.05, 0.1) is 65.0 Å². The van der Waals surface area contributed by atoms with Crippen LogP contribution in [-0.4, -0.2) is 222 Å². The molecule has 2 aromatic rings. The second-order valence-electron chi connectivity index (χ2n) is 25.0. The first-order chi connectivity index (χ1) is 39.9. The van der Waals surface area contributed by atoms with Crippen molar-refractivity contribution in [3.05, 3.63) is 51.6 Å². The zero-order valence-electron chi connectivity index (χ0n) is 49.3. The maximum atomic E-state index is 14.6. The van der Waals surface area contributed by atoms with Crippen LogP contribution < -0.4 is 0 Å². The highest BCUT2D eigenvalue weighted by molar-refractivity contribution is 6.31. The zero-order chi connectivity index (χ0) is 59.7. The molecule has 2 aliphatic carbocycles. The predicted octanol–water partition coefficient (Wildman–Crippen LogP) is 4.12. The Labute approximate surface area is 487 Å². The lowest BCUT2D eigenvalue weighted by Gasteiger charge is -2.51. The van der Waals surface area contributed by atoms with Crippen molar-refractivity contribution in [3.63, 3.8) is 0 Å². The SMILES string of the molecule is CC[C@@]1(O)C[C@H](O[C@H]2C[C@H](N(C)C)[C@H](O[C@H]3C[C@@H]4O[C@H]5CC(=O)[C@H](C)O[C@@H]5O[C@@H]4[C@H](C)O3)[C@H](C)O2)c2c(O)c3c(c(O)c2[C@H]1O[C@H]1C[C@H](N(C)C)[C@H](O[C@H]2C[C@@H]4O[C@H]5CC(=O)[C@H](C)O[C@@H]5O[C@@H]4[C@H](C)O2)[C@H](C)O1)C(=O)c1cccc(O)c1C3=O. The monoisotopic (exact) mass is 1180 g/mol. The highest BCUT2D eigenvalue weighted by Crippen LogP contribution is 2.58. The van der Waals surface area contributed by atoms with Gasteiger partial charge in [-0.2, -0.15) is 0 Å². The minimum absolute atomic E-state index is 0.00740. The van der Waals surface area contributed by atoms with Crippen LogP contribution in [0.5, 0.6) is 17.2 Å². The lowest BCUT2D eigenvalue weighted by Crippen LogP contribution is -2.62. The molecule has 8 saturated heterocycles. The summed E-state index contributed by atoms with van der Waals surface area (Å²) in [5, 5.41) is 49.5. The summed E-state index contributed by atoms with van der Waals surface area (Å²) >= 11 is 0. The van der Waals surface area contributed by atoms with E-state index >= 15 is 0 Å². The Hall–Kier alpha value is -4.16. The number of benzene rings is 2. The van der Waals surface area contributed by atoms with Crippen LogP contribution in [0.4, 0.5) is 0 Å². The molecule has 0 amide bonds. The van der Waals surface area contributed by atoms with Gasteiger partial charge in [0.25, 0.3) is 0 Å². The Morgan fingerprint density at radius 2 is 1.00 bits per heavy atom. The first kappa shape index (κ1) is 60.1. The first-order valence-electron chi connectivity index (χ1n) is 29.7. The molecule has 8 heterocycles. The van der Waals surface area contributed by atoms with Crippen molar-refractivity contribution < 1.29 is 106 Å². The number of rotatable bonds is 11. The van der Waals surface area contributed by atoms with Crippen LogP contribution in [-0.2, 0) is 75.9 Å². The number of ketones is 4. The Bertz CT molecular complexity index is 2870. The van der Waals surface area contributed by atoms with E-state index in [4.69, 9.17) is 66.3 Å². The van der Waals surface area contributed by atoms with Crippen LogP contribution in [0.1, 0.15) is 155 Å². The molecule has 0 saturated carbocycles. The molecule has 84 heavy (non-hydrogen) atoms. The molecule has 4 N–H and O–H groups in total. The molecule has 12 rings (SSSR count). The number of carbonyl (C=O) groups is 4. The van der Waals surface area contributed by atoms with Crippen LogP contribution in [0, 0.1) is 0 Å². The number of carbonyl (C=O) groups excluding carboxylic acids is 4. The predicted molar refractivity (Wildman–Crippen MR) is 288 cm³/mol. The number of aliphatic hydroxyl groups is 1. The molecular weight excluding hydrogens is 1100 g/mol. The van der Waals surface area contributed by atoms with Gasteiger partial charge in [0.15, 0.2) is 55.1 Å². The fourth-order valence-corrected chi connectivity index (χ4v) is 14.5. The van der Waals surface area contributed by atoms with Gasteiger partial charge in [-0.3, -0.25) is 19.2 Å². The average Bonchev–Trinajstić information content (AvgIpc) is 1.13. The van der Waals surface area contributed by atoms with Gasteiger partial charge in [-0.1, -0.05) is 19.1 Å². The van der Waals surface area contributed by atoms with Crippen LogP contribution in [0.25, 0.3) is 0 Å². The quantitative estimate of drug-likeness (QED) is 0.196. The summed E-state index contributed by atoms with van der Waals surface area (Å²) in [5.41, 5.74) is -3.78. The van der Waals surface area contributed by atoms with Crippen LogP contribution in [0.2, 0.25) is 0 Å². The lowest BCUT2D eigenvalue weighted by molar-refractivity contribution is -0.372. The largest absolute Gasteiger partial charge is 0.507 e. The number of fused-ring (bicyclic) bond motifs is 7. The fraction of sp³-hybridized carbons (Fsp3) is 0.733. The van der Waals surface area contributed by atoms with Gasteiger partial charge in [-0.25, -0.2) is 0 Å². The molecule has 2 aromatic carbocycles. The maximum absolute atomic E-state index is 14.6. The molecule has 8 fully saturated rings. The summed E-state index contributed by atoms with van der Waals surface area (Å²) in [7, 11) is 7.57. The van der Waals surface area contributed by atoms with Crippen molar-refractivity contribution >= 4 is 23.1 Å². The van der Waals surface area contributed by atoms with Crippen LogP contribution >= 0.6 is 0 Å². The summed E-state index contributed by atoms with van der Waals surface area (Å²) < 4.78 is 90.6. The highest BCUT2D eigenvalue weighted by Gasteiger charge is 2.57. The molecule has 462 valence electrons. The number of phenolic OH excluding ortho intramolecular Hbond substituents is 3. The second-order valence-corrected chi connectivity index (χ2v) is 25.0. The van der Waals surface area contributed by atoms with E-state index in [0.29, 0.717) is 12.8 Å². The molecule has 10 aliphatic rings. The molecule has 25 atom stereocenters.